The molecule has 0 aromatic heterocycles. The van der Waals surface area contributed by atoms with Crippen LogP contribution in [-0.2, 0) is 4.74 Å². The molecule has 0 aliphatic carbocycles. The van der Waals surface area contributed by atoms with E-state index in [1.807, 2.05) is 0 Å². The van der Waals surface area contributed by atoms with Gasteiger partial charge in [-0.2, -0.15) is 13.2 Å². The van der Waals surface area contributed by atoms with Crippen LogP contribution < -0.4 is 5.73 Å². The van der Waals surface area contributed by atoms with E-state index in [1.165, 1.54) is 4.90 Å². The first-order chi connectivity index (χ1) is 8.00. The first kappa shape index (κ1) is 15.1. The van der Waals surface area contributed by atoms with E-state index in [0.29, 0.717) is 0 Å². The van der Waals surface area contributed by atoms with Crippen LogP contribution in [0.1, 0.15) is 27.2 Å². The minimum atomic E-state index is -4.31. The van der Waals surface area contributed by atoms with E-state index >= 15 is 0 Å². The number of amides is 1. The van der Waals surface area contributed by atoms with Gasteiger partial charge < -0.3 is 15.4 Å². The molecule has 0 unspecified atom stereocenters. The minimum Gasteiger partial charge on any atom is -0.444 e. The summed E-state index contributed by atoms with van der Waals surface area (Å²) in [7, 11) is 0. The Hall–Kier alpha value is -0.980. The summed E-state index contributed by atoms with van der Waals surface area (Å²) in [5.74, 6) is -1.55. The van der Waals surface area contributed by atoms with Gasteiger partial charge in [-0.25, -0.2) is 4.79 Å². The Morgan fingerprint density at radius 3 is 2.28 bits per heavy atom. The summed E-state index contributed by atoms with van der Waals surface area (Å²) in [6, 6.07) is -1.09. The molecule has 0 saturated carbocycles. The molecule has 4 nitrogen and oxygen atoms in total. The molecule has 1 fully saturated rings. The molecule has 0 spiro atoms. The number of likely N-dealkylation sites (tertiary alicyclic amines) is 1. The number of hydrogen-bond donors (Lipinski definition) is 1. The maximum atomic E-state index is 12.6. The monoisotopic (exact) mass is 268 g/mol. The predicted octanol–water partition coefficient (Wildman–Crippen LogP) is 2.13. The fraction of sp³-hybridized carbons (Fsp3) is 0.909. The SMILES string of the molecule is CC(C)(C)OC(=O)N1CC[C@@H](C(F)(F)F)[C@@H](N)C1. The topological polar surface area (TPSA) is 55.6 Å². The zero-order valence-corrected chi connectivity index (χ0v) is 10.8. The van der Waals surface area contributed by atoms with Gasteiger partial charge in [0.15, 0.2) is 0 Å². The molecule has 0 aromatic carbocycles. The Kier molecular flexibility index (Phi) is 4.15. The Bertz CT molecular complexity index is 312. The summed E-state index contributed by atoms with van der Waals surface area (Å²) < 4.78 is 42.8. The van der Waals surface area contributed by atoms with E-state index < -0.39 is 29.8 Å². The van der Waals surface area contributed by atoms with Crippen molar-refractivity contribution in [1.29, 1.82) is 0 Å². The van der Waals surface area contributed by atoms with Crippen molar-refractivity contribution in [3.05, 3.63) is 0 Å². The van der Waals surface area contributed by atoms with Crippen LogP contribution in [0.15, 0.2) is 0 Å². The molecule has 1 aliphatic heterocycles. The lowest BCUT2D eigenvalue weighted by molar-refractivity contribution is -0.189. The second kappa shape index (κ2) is 4.95. The van der Waals surface area contributed by atoms with Gasteiger partial charge in [0.1, 0.15) is 5.60 Å². The van der Waals surface area contributed by atoms with Gasteiger partial charge in [-0.1, -0.05) is 0 Å². The first-order valence-electron chi connectivity index (χ1n) is 5.81. The van der Waals surface area contributed by atoms with Crippen LogP contribution in [0.4, 0.5) is 18.0 Å². The van der Waals surface area contributed by atoms with Crippen LogP contribution in [0.3, 0.4) is 0 Å². The lowest BCUT2D eigenvalue weighted by Crippen LogP contribution is -2.55. The van der Waals surface area contributed by atoms with E-state index in [-0.39, 0.29) is 19.5 Å². The van der Waals surface area contributed by atoms with E-state index in [9.17, 15) is 18.0 Å². The van der Waals surface area contributed by atoms with Crippen molar-refractivity contribution < 1.29 is 22.7 Å². The van der Waals surface area contributed by atoms with E-state index in [1.54, 1.807) is 20.8 Å². The molecule has 2 atom stereocenters. The highest BCUT2D eigenvalue weighted by Gasteiger charge is 2.46. The van der Waals surface area contributed by atoms with Gasteiger partial charge in [0.25, 0.3) is 0 Å². The summed E-state index contributed by atoms with van der Waals surface area (Å²) in [5.41, 5.74) is 4.82. The normalized spacial score (nSPS) is 26.1. The second-order valence-corrected chi connectivity index (χ2v) is 5.53. The van der Waals surface area contributed by atoms with Gasteiger partial charge >= 0.3 is 12.3 Å². The number of rotatable bonds is 0. The Labute approximate surface area is 104 Å². The van der Waals surface area contributed by atoms with E-state index in [4.69, 9.17) is 10.5 Å². The fourth-order valence-corrected chi connectivity index (χ4v) is 1.88. The molecule has 1 saturated heterocycles. The standard InChI is InChI=1S/C11H19F3N2O2/c1-10(2,3)18-9(17)16-5-4-7(8(15)6-16)11(12,13)14/h7-8H,4-6,15H2,1-3H3/t7-,8+/m1/s1. The highest BCUT2D eigenvalue weighted by Crippen LogP contribution is 2.33. The molecule has 1 amide bonds. The Morgan fingerprint density at radius 2 is 1.89 bits per heavy atom. The summed E-state index contributed by atoms with van der Waals surface area (Å²) in [4.78, 5) is 12.9. The Balaban J connectivity index is 2.59. The number of halogens is 3. The van der Waals surface area contributed by atoms with Crippen LogP contribution in [-0.4, -0.2) is 41.9 Å². The molecule has 2 N–H and O–H groups in total. The van der Waals surface area contributed by atoms with E-state index in [2.05, 4.69) is 0 Å². The molecule has 18 heavy (non-hydrogen) atoms. The van der Waals surface area contributed by atoms with Crippen molar-refractivity contribution in [2.24, 2.45) is 11.7 Å². The zero-order valence-electron chi connectivity index (χ0n) is 10.8. The van der Waals surface area contributed by atoms with Crippen LogP contribution in [0.25, 0.3) is 0 Å². The van der Waals surface area contributed by atoms with Crippen LogP contribution >= 0.6 is 0 Å². The number of alkyl halides is 3. The number of carbonyl (C=O) groups excluding carboxylic acids is 1. The second-order valence-electron chi connectivity index (χ2n) is 5.53. The third kappa shape index (κ3) is 4.04. The van der Waals surface area contributed by atoms with Crippen molar-refractivity contribution >= 4 is 6.09 Å². The summed E-state index contributed by atoms with van der Waals surface area (Å²) >= 11 is 0. The summed E-state index contributed by atoms with van der Waals surface area (Å²) in [6.45, 7) is 5.00. The zero-order chi connectivity index (χ0) is 14.1. The maximum Gasteiger partial charge on any atom is 0.410 e. The quantitative estimate of drug-likeness (QED) is 0.732. The molecule has 0 bridgehead atoms. The highest BCUT2D eigenvalue weighted by molar-refractivity contribution is 5.68. The average molecular weight is 268 g/mol. The number of nitrogens with two attached hydrogens (primary N) is 1. The van der Waals surface area contributed by atoms with Crippen molar-refractivity contribution in [1.82, 2.24) is 4.90 Å². The van der Waals surface area contributed by atoms with Gasteiger partial charge in [-0.3, -0.25) is 0 Å². The number of hydrogen-bond acceptors (Lipinski definition) is 3. The molecule has 1 aliphatic rings. The van der Waals surface area contributed by atoms with Crippen LogP contribution in [0.5, 0.6) is 0 Å². The lowest BCUT2D eigenvalue weighted by atomic mass is 9.92. The van der Waals surface area contributed by atoms with Gasteiger partial charge in [-0.05, 0) is 27.2 Å². The first-order valence-corrected chi connectivity index (χ1v) is 5.81. The van der Waals surface area contributed by atoms with Gasteiger partial charge in [0.05, 0.1) is 5.92 Å². The third-order valence-corrected chi connectivity index (χ3v) is 2.73. The largest absolute Gasteiger partial charge is 0.444 e. The molecular formula is C11H19F3N2O2. The van der Waals surface area contributed by atoms with Crippen molar-refractivity contribution in [2.75, 3.05) is 13.1 Å². The lowest BCUT2D eigenvalue weighted by Gasteiger charge is -2.37. The third-order valence-electron chi connectivity index (χ3n) is 2.73. The van der Waals surface area contributed by atoms with Gasteiger partial charge in [-0.15, -0.1) is 0 Å². The smallest absolute Gasteiger partial charge is 0.410 e. The van der Waals surface area contributed by atoms with Gasteiger partial charge in [0, 0.05) is 19.1 Å². The number of carbonyl (C=O) groups is 1. The molecule has 7 heteroatoms. The molecule has 1 rings (SSSR count). The molecule has 0 radical (unpaired) electrons. The van der Waals surface area contributed by atoms with Crippen molar-refractivity contribution in [2.45, 2.75) is 45.0 Å². The Morgan fingerprint density at radius 1 is 1.33 bits per heavy atom. The number of piperidine rings is 1. The highest BCUT2D eigenvalue weighted by atomic mass is 19.4. The van der Waals surface area contributed by atoms with E-state index in [0.717, 1.165) is 0 Å². The van der Waals surface area contributed by atoms with Crippen LogP contribution in [0, 0.1) is 5.92 Å². The minimum absolute atomic E-state index is 0.0206. The van der Waals surface area contributed by atoms with Crippen LogP contribution in [0.2, 0.25) is 0 Å². The van der Waals surface area contributed by atoms with Crippen molar-refractivity contribution in [3.8, 4) is 0 Å². The molecule has 106 valence electrons. The van der Waals surface area contributed by atoms with Gasteiger partial charge in [0.2, 0.25) is 0 Å². The number of ether oxygens (including phenoxy) is 1. The predicted molar refractivity (Wildman–Crippen MR) is 59.9 cm³/mol. The summed E-state index contributed by atoms with van der Waals surface area (Å²) in [5, 5.41) is 0. The fourth-order valence-electron chi connectivity index (χ4n) is 1.88. The molecular weight excluding hydrogens is 249 g/mol. The molecule has 1 heterocycles. The van der Waals surface area contributed by atoms with Crippen molar-refractivity contribution in [3.63, 3.8) is 0 Å². The average Bonchev–Trinajstić information content (AvgIpc) is 2.12. The maximum absolute atomic E-state index is 12.6. The molecule has 0 aromatic rings. The summed E-state index contributed by atoms with van der Waals surface area (Å²) in [6.07, 6.45) is -5.10. The number of nitrogens with zero attached hydrogens (tertiary/aromatic N) is 1.